The summed E-state index contributed by atoms with van der Waals surface area (Å²) in [5, 5.41) is 9.63. The number of rotatable bonds is 6. The largest absolute Gasteiger partial charge is 0.325 e. The summed E-state index contributed by atoms with van der Waals surface area (Å²) in [6, 6.07) is 6.27. The molecule has 10 heteroatoms. The fourth-order valence-electron chi connectivity index (χ4n) is 2.62. The molecule has 2 N–H and O–H groups in total. The third kappa shape index (κ3) is 4.25. The van der Waals surface area contributed by atoms with Crippen molar-refractivity contribution in [3.63, 3.8) is 0 Å². The maximum absolute atomic E-state index is 12.5. The molecular formula is C16H21N5O3S2. The highest BCUT2D eigenvalue weighted by molar-refractivity contribution is 8.00. The van der Waals surface area contributed by atoms with Gasteiger partial charge in [-0.1, -0.05) is 11.8 Å². The Labute approximate surface area is 156 Å². The van der Waals surface area contributed by atoms with Gasteiger partial charge >= 0.3 is 0 Å². The van der Waals surface area contributed by atoms with Gasteiger partial charge in [-0.2, -0.15) is 4.31 Å². The third-order valence-electron chi connectivity index (χ3n) is 4.05. The van der Waals surface area contributed by atoms with Gasteiger partial charge in [-0.05, 0) is 51.0 Å². The van der Waals surface area contributed by atoms with Crippen molar-refractivity contribution >= 4 is 33.4 Å². The van der Waals surface area contributed by atoms with Crippen LogP contribution in [0.2, 0.25) is 0 Å². The maximum atomic E-state index is 12.5. The first-order valence-electron chi connectivity index (χ1n) is 8.33. The molecule has 2 aromatic rings. The summed E-state index contributed by atoms with van der Waals surface area (Å²) in [5.74, 6) is 0.488. The molecule has 0 aliphatic carbocycles. The lowest BCUT2D eigenvalue weighted by Gasteiger charge is -2.16. The number of aromatic nitrogens is 3. The highest BCUT2D eigenvalue weighted by atomic mass is 32.2. The first kappa shape index (κ1) is 18.9. The van der Waals surface area contributed by atoms with Crippen LogP contribution < -0.4 is 5.32 Å². The Morgan fingerprint density at radius 1 is 1.27 bits per heavy atom. The number of benzene rings is 1. The van der Waals surface area contributed by atoms with Gasteiger partial charge in [0.25, 0.3) is 0 Å². The number of hydrogen-bond donors (Lipinski definition) is 2. The van der Waals surface area contributed by atoms with Crippen LogP contribution in [-0.2, 0) is 14.8 Å². The molecular weight excluding hydrogens is 374 g/mol. The molecule has 0 radical (unpaired) electrons. The van der Waals surface area contributed by atoms with E-state index in [1.54, 1.807) is 26.0 Å². The average Bonchev–Trinajstić information content (AvgIpc) is 3.27. The molecule has 0 saturated carbocycles. The Morgan fingerprint density at radius 3 is 2.50 bits per heavy atom. The molecule has 2 heterocycles. The number of aromatic amines is 1. The highest BCUT2D eigenvalue weighted by Gasteiger charge is 2.27. The predicted octanol–water partition coefficient (Wildman–Crippen LogP) is 2.02. The van der Waals surface area contributed by atoms with Gasteiger partial charge in [0.2, 0.25) is 21.1 Å². The average molecular weight is 396 g/mol. The van der Waals surface area contributed by atoms with Gasteiger partial charge in [-0.25, -0.2) is 13.4 Å². The van der Waals surface area contributed by atoms with Gasteiger partial charge < -0.3 is 5.32 Å². The van der Waals surface area contributed by atoms with Gasteiger partial charge in [-0.15, -0.1) is 5.10 Å². The van der Waals surface area contributed by atoms with E-state index >= 15 is 0 Å². The van der Waals surface area contributed by atoms with E-state index in [4.69, 9.17) is 0 Å². The zero-order chi connectivity index (χ0) is 18.7. The third-order valence-corrected chi connectivity index (χ3v) is 6.93. The van der Waals surface area contributed by atoms with Crippen molar-refractivity contribution in [3.8, 4) is 0 Å². The van der Waals surface area contributed by atoms with Gasteiger partial charge in [-0.3, -0.25) is 9.89 Å². The maximum Gasteiger partial charge on any atom is 0.243 e. The number of carbonyl (C=O) groups is 1. The zero-order valence-corrected chi connectivity index (χ0v) is 16.2. The monoisotopic (exact) mass is 395 g/mol. The van der Waals surface area contributed by atoms with E-state index in [9.17, 15) is 13.2 Å². The van der Waals surface area contributed by atoms with Gasteiger partial charge in [0, 0.05) is 18.8 Å². The van der Waals surface area contributed by atoms with Gasteiger partial charge in [0.05, 0.1) is 10.1 Å². The minimum atomic E-state index is -3.44. The summed E-state index contributed by atoms with van der Waals surface area (Å²) in [5.41, 5.74) is 0.550. The molecule has 1 aliphatic rings. The van der Waals surface area contributed by atoms with Crippen LogP contribution >= 0.6 is 11.8 Å². The van der Waals surface area contributed by atoms with Crippen molar-refractivity contribution in [2.45, 2.75) is 42.0 Å². The molecule has 1 aromatic heterocycles. The minimum Gasteiger partial charge on any atom is -0.325 e. The summed E-state index contributed by atoms with van der Waals surface area (Å²) >= 11 is 1.25. The molecule has 1 aliphatic heterocycles. The Bertz CT molecular complexity index is 874. The second-order valence-electron chi connectivity index (χ2n) is 6.09. The number of hydrogen-bond acceptors (Lipinski definition) is 6. The van der Waals surface area contributed by atoms with E-state index in [2.05, 4.69) is 20.5 Å². The van der Waals surface area contributed by atoms with Crippen molar-refractivity contribution in [1.29, 1.82) is 0 Å². The summed E-state index contributed by atoms with van der Waals surface area (Å²) in [4.78, 5) is 16.7. The van der Waals surface area contributed by atoms with Crippen LogP contribution in [0.25, 0.3) is 0 Å². The van der Waals surface area contributed by atoms with E-state index in [0.29, 0.717) is 29.8 Å². The van der Waals surface area contributed by atoms with Crippen molar-refractivity contribution in [1.82, 2.24) is 19.5 Å². The van der Waals surface area contributed by atoms with Crippen LogP contribution in [0.5, 0.6) is 0 Å². The van der Waals surface area contributed by atoms with Gasteiger partial charge in [0.1, 0.15) is 5.82 Å². The lowest BCUT2D eigenvalue weighted by molar-refractivity contribution is -0.115. The van der Waals surface area contributed by atoms with Crippen LogP contribution in [0.3, 0.4) is 0 Å². The molecule has 1 amide bonds. The number of H-pyrrole nitrogens is 1. The SMILES string of the molecule is Cc1nc(S[C@H](C)C(=O)Nc2ccc(S(=O)(=O)N3CCCC3)cc2)n[nH]1. The first-order chi connectivity index (χ1) is 12.4. The van der Waals surface area contributed by atoms with E-state index in [1.807, 2.05) is 0 Å². The molecule has 3 rings (SSSR count). The van der Waals surface area contributed by atoms with E-state index in [1.165, 1.54) is 28.2 Å². The van der Waals surface area contributed by atoms with Crippen LogP contribution in [0.1, 0.15) is 25.6 Å². The van der Waals surface area contributed by atoms with Crippen molar-refractivity contribution < 1.29 is 13.2 Å². The second-order valence-corrected chi connectivity index (χ2v) is 9.33. The molecule has 0 spiro atoms. The number of aryl methyl sites for hydroxylation is 1. The lowest BCUT2D eigenvalue weighted by atomic mass is 10.3. The Balaban J connectivity index is 1.62. The predicted molar refractivity (Wildman–Crippen MR) is 99.5 cm³/mol. The topological polar surface area (TPSA) is 108 Å². The fraction of sp³-hybridized carbons (Fsp3) is 0.438. The Morgan fingerprint density at radius 2 is 1.92 bits per heavy atom. The van der Waals surface area contributed by atoms with Crippen LogP contribution in [0, 0.1) is 6.92 Å². The van der Waals surface area contributed by atoms with E-state index < -0.39 is 15.3 Å². The second kappa shape index (κ2) is 7.77. The highest BCUT2D eigenvalue weighted by Crippen LogP contribution is 2.23. The molecule has 1 atom stereocenters. The van der Waals surface area contributed by atoms with Crippen molar-refractivity contribution in [2.75, 3.05) is 18.4 Å². The number of sulfonamides is 1. The summed E-state index contributed by atoms with van der Waals surface area (Å²) in [6.45, 7) is 4.68. The smallest absolute Gasteiger partial charge is 0.243 e. The quantitative estimate of drug-likeness (QED) is 0.725. The molecule has 1 aromatic carbocycles. The van der Waals surface area contributed by atoms with Crippen molar-refractivity contribution in [3.05, 3.63) is 30.1 Å². The number of amides is 1. The van der Waals surface area contributed by atoms with E-state index in [0.717, 1.165) is 12.8 Å². The number of carbonyl (C=O) groups excluding carboxylic acids is 1. The molecule has 1 saturated heterocycles. The molecule has 0 unspecified atom stereocenters. The van der Waals surface area contributed by atoms with Crippen LogP contribution in [-0.4, -0.2) is 52.2 Å². The number of anilines is 1. The Kier molecular flexibility index (Phi) is 5.64. The van der Waals surface area contributed by atoms with Crippen LogP contribution in [0.4, 0.5) is 5.69 Å². The van der Waals surface area contributed by atoms with Crippen molar-refractivity contribution in [2.24, 2.45) is 0 Å². The normalized spacial score (nSPS) is 16.5. The number of nitrogens with one attached hydrogen (secondary N) is 2. The summed E-state index contributed by atoms with van der Waals surface area (Å²) in [7, 11) is -3.44. The molecule has 8 nitrogen and oxygen atoms in total. The fourth-order valence-corrected chi connectivity index (χ4v) is 4.91. The number of nitrogens with zero attached hydrogens (tertiary/aromatic N) is 3. The van der Waals surface area contributed by atoms with Crippen LogP contribution in [0.15, 0.2) is 34.3 Å². The first-order valence-corrected chi connectivity index (χ1v) is 10.6. The molecule has 0 bridgehead atoms. The minimum absolute atomic E-state index is 0.201. The molecule has 140 valence electrons. The zero-order valence-electron chi connectivity index (χ0n) is 14.6. The van der Waals surface area contributed by atoms with E-state index in [-0.39, 0.29) is 10.8 Å². The molecule has 1 fully saturated rings. The summed E-state index contributed by atoms with van der Waals surface area (Å²) < 4.78 is 26.5. The summed E-state index contributed by atoms with van der Waals surface area (Å²) in [6.07, 6.45) is 1.79. The van der Waals surface area contributed by atoms with Gasteiger partial charge in [0.15, 0.2) is 0 Å². The lowest BCUT2D eigenvalue weighted by Crippen LogP contribution is -2.27. The number of thioether (sulfide) groups is 1. The molecule has 26 heavy (non-hydrogen) atoms. The standard InChI is InChI=1S/C16H21N5O3S2/c1-11(25-16-17-12(2)19-20-16)15(22)18-13-5-7-14(8-6-13)26(23,24)21-9-3-4-10-21/h5-8,11H,3-4,9-10H2,1-2H3,(H,18,22)(H,17,19,20)/t11-/m1/s1. The Hall–Kier alpha value is -1.91.